The molecule has 0 atom stereocenters. The Morgan fingerprint density at radius 1 is 1.22 bits per heavy atom. The number of aromatic nitrogens is 2. The first-order valence-electron chi connectivity index (χ1n) is 5.77. The maximum Gasteiger partial charge on any atom is 0.231 e. The summed E-state index contributed by atoms with van der Waals surface area (Å²) in [6, 6.07) is 1.97. The number of anilines is 1. The molecule has 3 rings (SSSR count). The molecular formula is C13H15N3O2. The van der Waals surface area contributed by atoms with E-state index in [1.54, 1.807) is 10.9 Å². The summed E-state index contributed by atoms with van der Waals surface area (Å²) in [7, 11) is 1.83. The van der Waals surface area contributed by atoms with E-state index in [0.717, 1.165) is 33.8 Å². The Morgan fingerprint density at radius 2 is 2.00 bits per heavy atom. The molecule has 94 valence electrons. The monoisotopic (exact) mass is 245 g/mol. The molecule has 0 aliphatic carbocycles. The van der Waals surface area contributed by atoms with Crippen molar-refractivity contribution in [1.29, 1.82) is 0 Å². The number of hydrogen-bond donors (Lipinski definition) is 1. The van der Waals surface area contributed by atoms with Gasteiger partial charge in [-0.3, -0.25) is 4.68 Å². The molecule has 2 heterocycles. The topological polar surface area (TPSA) is 62.3 Å². The molecule has 0 saturated heterocycles. The molecular weight excluding hydrogens is 230 g/mol. The number of benzene rings is 1. The van der Waals surface area contributed by atoms with E-state index in [2.05, 4.69) is 12.0 Å². The first-order valence-corrected chi connectivity index (χ1v) is 5.77. The first-order chi connectivity index (χ1) is 8.59. The minimum absolute atomic E-state index is 0.279. The van der Waals surface area contributed by atoms with Crippen LogP contribution in [0.15, 0.2) is 12.3 Å². The van der Waals surface area contributed by atoms with E-state index in [4.69, 9.17) is 15.2 Å². The Balaban J connectivity index is 2.25. The van der Waals surface area contributed by atoms with Gasteiger partial charge in [0.15, 0.2) is 11.5 Å². The highest BCUT2D eigenvalue weighted by molar-refractivity contribution is 5.79. The lowest BCUT2D eigenvalue weighted by Gasteiger charge is -2.11. The van der Waals surface area contributed by atoms with Crippen LogP contribution in [0.25, 0.3) is 11.1 Å². The fourth-order valence-electron chi connectivity index (χ4n) is 2.23. The van der Waals surface area contributed by atoms with Crippen LogP contribution in [0.3, 0.4) is 0 Å². The molecule has 0 unspecified atom stereocenters. The van der Waals surface area contributed by atoms with Crippen molar-refractivity contribution in [3.05, 3.63) is 23.4 Å². The van der Waals surface area contributed by atoms with E-state index < -0.39 is 0 Å². The third-order valence-electron chi connectivity index (χ3n) is 3.50. The van der Waals surface area contributed by atoms with Crippen LogP contribution in [-0.2, 0) is 7.05 Å². The number of fused-ring (bicyclic) bond motifs is 1. The number of rotatable bonds is 1. The summed E-state index contributed by atoms with van der Waals surface area (Å²) < 4.78 is 12.6. The standard InChI is InChI=1S/C13H15N3O2/c1-7-8(2)12-11(17-6-18-12)4-9(7)10-5-15-16(3)13(10)14/h4-5H,6,14H2,1-3H3. The maximum absolute atomic E-state index is 6.03. The van der Waals surface area contributed by atoms with Crippen LogP contribution in [-0.4, -0.2) is 16.6 Å². The van der Waals surface area contributed by atoms with Gasteiger partial charge in [-0.05, 0) is 36.6 Å². The molecule has 0 radical (unpaired) electrons. The Morgan fingerprint density at radius 3 is 2.67 bits per heavy atom. The van der Waals surface area contributed by atoms with Crippen molar-refractivity contribution in [2.75, 3.05) is 12.5 Å². The lowest BCUT2D eigenvalue weighted by Crippen LogP contribution is -1.99. The molecule has 0 saturated carbocycles. The number of aryl methyl sites for hydroxylation is 1. The second-order valence-electron chi connectivity index (χ2n) is 4.48. The summed E-state index contributed by atoms with van der Waals surface area (Å²) in [5.41, 5.74) is 10.2. The average Bonchev–Trinajstić information content (AvgIpc) is 2.93. The predicted octanol–water partition coefficient (Wildman–Crippen LogP) is 2.01. The van der Waals surface area contributed by atoms with Crippen LogP contribution >= 0.6 is 0 Å². The van der Waals surface area contributed by atoms with Crippen LogP contribution < -0.4 is 15.2 Å². The van der Waals surface area contributed by atoms with Crippen molar-refractivity contribution in [3.63, 3.8) is 0 Å². The van der Waals surface area contributed by atoms with Gasteiger partial charge in [-0.25, -0.2) is 0 Å². The zero-order chi connectivity index (χ0) is 12.9. The third-order valence-corrected chi connectivity index (χ3v) is 3.50. The molecule has 1 aliphatic heterocycles. The van der Waals surface area contributed by atoms with E-state index in [1.807, 2.05) is 20.0 Å². The van der Waals surface area contributed by atoms with Gasteiger partial charge in [-0.15, -0.1) is 0 Å². The average molecular weight is 245 g/mol. The van der Waals surface area contributed by atoms with Gasteiger partial charge in [-0.1, -0.05) is 0 Å². The number of nitrogens with two attached hydrogens (primary N) is 1. The Hall–Kier alpha value is -2.17. The molecule has 1 aromatic carbocycles. The third kappa shape index (κ3) is 1.37. The second kappa shape index (κ2) is 3.66. The number of ether oxygens (including phenoxy) is 2. The number of nitrogen functional groups attached to an aromatic ring is 1. The molecule has 5 nitrogen and oxygen atoms in total. The van der Waals surface area contributed by atoms with Crippen molar-refractivity contribution in [3.8, 4) is 22.6 Å². The highest BCUT2D eigenvalue weighted by Crippen LogP contribution is 2.43. The minimum atomic E-state index is 0.279. The Labute approximate surface area is 105 Å². The van der Waals surface area contributed by atoms with Gasteiger partial charge in [0, 0.05) is 12.6 Å². The van der Waals surface area contributed by atoms with Gasteiger partial charge in [0.2, 0.25) is 6.79 Å². The normalized spacial score (nSPS) is 13.1. The summed E-state index contributed by atoms with van der Waals surface area (Å²) >= 11 is 0. The minimum Gasteiger partial charge on any atom is -0.454 e. The van der Waals surface area contributed by atoms with Crippen molar-refractivity contribution >= 4 is 5.82 Å². The Kier molecular flexibility index (Phi) is 2.23. The fraction of sp³-hybridized carbons (Fsp3) is 0.308. The fourth-order valence-corrected chi connectivity index (χ4v) is 2.23. The quantitative estimate of drug-likeness (QED) is 0.834. The first kappa shape index (κ1) is 11.0. The molecule has 0 bridgehead atoms. The lowest BCUT2D eigenvalue weighted by atomic mass is 9.97. The van der Waals surface area contributed by atoms with Gasteiger partial charge in [0.05, 0.1) is 6.20 Å². The van der Waals surface area contributed by atoms with E-state index in [0.29, 0.717) is 5.82 Å². The Bertz CT molecular complexity index is 632. The van der Waals surface area contributed by atoms with Crippen LogP contribution in [0.2, 0.25) is 0 Å². The lowest BCUT2D eigenvalue weighted by molar-refractivity contribution is 0.173. The van der Waals surface area contributed by atoms with Gasteiger partial charge in [-0.2, -0.15) is 5.10 Å². The molecule has 5 heteroatoms. The van der Waals surface area contributed by atoms with Crippen LogP contribution in [0.5, 0.6) is 11.5 Å². The van der Waals surface area contributed by atoms with Gasteiger partial charge in [0.1, 0.15) is 5.82 Å². The summed E-state index contributed by atoms with van der Waals surface area (Å²) in [4.78, 5) is 0. The van der Waals surface area contributed by atoms with Crippen molar-refractivity contribution in [2.45, 2.75) is 13.8 Å². The second-order valence-corrected chi connectivity index (χ2v) is 4.48. The zero-order valence-corrected chi connectivity index (χ0v) is 10.7. The van der Waals surface area contributed by atoms with E-state index in [-0.39, 0.29) is 6.79 Å². The maximum atomic E-state index is 6.03. The predicted molar refractivity (Wildman–Crippen MR) is 68.7 cm³/mol. The van der Waals surface area contributed by atoms with Gasteiger partial charge >= 0.3 is 0 Å². The summed E-state index contributed by atoms with van der Waals surface area (Å²) in [5, 5.41) is 4.18. The van der Waals surface area contributed by atoms with E-state index in [9.17, 15) is 0 Å². The van der Waals surface area contributed by atoms with Crippen LogP contribution in [0.4, 0.5) is 5.82 Å². The van der Waals surface area contributed by atoms with Crippen LogP contribution in [0.1, 0.15) is 11.1 Å². The highest BCUT2D eigenvalue weighted by Gasteiger charge is 2.22. The van der Waals surface area contributed by atoms with Gasteiger partial charge < -0.3 is 15.2 Å². The van der Waals surface area contributed by atoms with Crippen molar-refractivity contribution < 1.29 is 9.47 Å². The zero-order valence-electron chi connectivity index (χ0n) is 10.7. The summed E-state index contributed by atoms with van der Waals surface area (Å²) in [5.74, 6) is 2.26. The molecule has 2 N–H and O–H groups in total. The molecule has 2 aromatic rings. The SMILES string of the molecule is Cc1c(-c2cnn(C)c2N)cc2c(c1C)OCO2. The van der Waals surface area contributed by atoms with E-state index in [1.165, 1.54) is 0 Å². The molecule has 18 heavy (non-hydrogen) atoms. The van der Waals surface area contributed by atoms with Crippen molar-refractivity contribution in [2.24, 2.45) is 7.05 Å². The van der Waals surface area contributed by atoms with Gasteiger partial charge in [0.25, 0.3) is 0 Å². The largest absolute Gasteiger partial charge is 0.454 e. The number of nitrogens with zero attached hydrogens (tertiary/aromatic N) is 2. The molecule has 0 spiro atoms. The van der Waals surface area contributed by atoms with E-state index >= 15 is 0 Å². The molecule has 1 aliphatic rings. The summed E-state index contributed by atoms with van der Waals surface area (Å²) in [6.07, 6.45) is 1.78. The smallest absolute Gasteiger partial charge is 0.231 e. The van der Waals surface area contributed by atoms with Crippen LogP contribution in [0, 0.1) is 13.8 Å². The summed E-state index contributed by atoms with van der Waals surface area (Å²) in [6.45, 7) is 4.36. The molecule has 1 aromatic heterocycles. The number of hydrogen-bond acceptors (Lipinski definition) is 4. The highest BCUT2D eigenvalue weighted by atomic mass is 16.7. The van der Waals surface area contributed by atoms with Crippen molar-refractivity contribution in [1.82, 2.24) is 9.78 Å². The molecule has 0 amide bonds. The molecule has 0 fully saturated rings.